The molecule has 1 heterocycles. The average Bonchev–Trinajstić information content (AvgIpc) is 2.96. The summed E-state index contributed by atoms with van der Waals surface area (Å²) in [5.74, 6) is -3.16. The molecule has 1 aromatic heterocycles. The average molecular weight is 412 g/mol. The van der Waals surface area contributed by atoms with Crippen molar-refractivity contribution in [1.29, 1.82) is 0 Å². The van der Waals surface area contributed by atoms with Crippen LogP contribution < -0.4 is 5.32 Å². The topological polar surface area (TPSA) is 67.2 Å². The smallest absolute Gasteiger partial charge is 0.338 e. The van der Waals surface area contributed by atoms with Gasteiger partial charge >= 0.3 is 5.97 Å². The van der Waals surface area contributed by atoms with Crippen molar-refractivity contribution < 1.29 is 18.7 Å². The first-order valence-corrected chi connectivity index (χ1v) is 7.91. The van der Waals surface area contributed by atoms with Crippen molar-refractivity contribution in [3.05, 3.63) is 52.3 Å². The van der Waals surface area contributed by atoms with Crippen molar-refractivity contribution in [1.82, 2.24) is 9.55 Å². The molecule has 0 amide bonds. The first-order valence-electron chi connectivity index (χ1n) is 7.11. The van der Waals surface area contributed by atoms with Crippen LogP contribution >= 0.6 is 15.9 Å². The molecule has 26 heavy (non-hydrogen) atoms. The molecule has 2 N–H and O–H groups in total. The van der Waals surface area contributed by atoms with E-state index in [1.54, 1.807) is 0 Å². The van der Waals surface area contributed by atoms with Crippen molar-refractivity contribution in [2.45, 2.75) is 5.24 Å². The molecule has 124 valence electrons. The molecular weight excluding hydrogens is 405 g/mol. The number of hydrogen-bond donors (Lipinski definition) is 2. The summed E-state index contributed by atoms with van der Waals surface area (Å²) >= 11 is 3.10. The molecule has 0 fully saturated rings. The Morgan fingerprint density at radius 1 is 1.27 bits per heavy atom. The number of halogens is 3. The number of hydrogen-bond acceptors (Lipinski definition) is 3. The minimum Gasteiger partial charge on any atom is -0.478 e. The van der Waals surface area contributed by atoms with E-state index in [2.05, 4.69) is 26.2 Å². The van der Waals surface area contributed by atoms with Gasteiger partial charge in [-0.25, -0.2) is 18.6 Å². The summed E-state index contributed by atoms with van der Waals surface area (Å²) in [4.78, 5) is 15.4. The van der Waals surface area contributed by atoms with Crippen LogP contribution in [-0.4, -0.2) is 44.2 Å². The molecule has 0 aliphatic rings. The molecule has 0 aliphatic carbocycles. The Hall–Kier alpha value is -2.29. The van der Waals surface area contributed by atoms with Crippen LogP contribution in [0.5, 0.6) is 0 Å². The molecule has 3 aromatic rings. The Bertz CT molecular complexity index is 1040. The summed E-state index contributed by atoms with van der Waals surface area (Å²) in [5, 5.41) is 9.99. The van der Waals surface area contributed by atoms with Crippen LogP contribution in [0.4, 0.5) is 20.2 Å². The lowest BCUT2D eigenvalue weighted by molar-refractivity contribution is 0.0697. The van der Waals surface area contributed by atoms with Crippen LogP contribution in [0.2, 0.25) is 0 Å². The first kappa shape index (κ1) is 18.5. The van der Waals surface area contributed by atoms with Crippen LogP contribution in [0, 0.1) is 11.6 Å². The highest BCUT2D eigenvalue weighted by Gasteiger charge is 2.24. The predicted octanol–water partition coefficient (Wildman–Crippen LogP) is 2.59. The molecule has 0 saturated heterocycles. The lowest BCUT2D eigenvalue weighted by atomic mass is 9.49. The molecule has 0 spiro atoms. The minimum absolute atomic E-state index is 0.0192. The number of anilines is 2. The number of nitrogens with one attached hydrogen (secondary N) is 1. The number of aromatic nitrogens is 2. The molecule has 5 nitrogen and oxygen atoms in total. The zero-order chi connectivity index (χ0) is 19.2. The van der Waals surface area contributed by atoms with Crippen LogP contribution in [0.15, 0.2) is 35.1 Å². The van der Waals surface area contributed by atoms with Gasteiger partial charge in [0.1, 0.15) is 11.3 Å². The molecule has 6 radical (unpaired) electrons. The number of benzene rings is 2. The molecule has 0 atom stereocenters. The van der Waals surface area contributed by atoms with Crippen molar-refractivity contribution in [3.8, 4) is 0 Å². The number of fused-ring (bicyclic) bond motifs is 1. The zero-order valence-corrected chi connectivity index (χ0v) is 14.6. The van der Waals surface area contributed by atoms with E-state index >= 15 is 0 Å². The van der Waals surface area contributed by atoms with Gasteiger partial charge in [0.15, 0.2) is 5.82 Å². The quantitative estimate of drug-likeness (QED) is 0.648. The van der Waals surface area contributed by atoms with Gasteiger partial charge in [-0.3, -0.25) is 0 Å². The number of aromatic carboxylic acids is 1. The number of carboxylic acid groups (broad SMARTS) is 1. The van der Waals surface area contributed by atoms with Gasteiger partial charge in [0.25, 0.3) is 0 Å². The lowest BCUT2D eigenvalue weighted by Crippen LogP contribution is -2.34. The maximum Gasteiger partial charge on any atom is 0.338 e. The van der Waals surface area contributed by atoms with Crippen LogP contribution in [0.1, 0.15) is 10.4 Å². The molecule has 3 rings (SSSR count). The molecule has 2 aromatic carbocycles. The summed E-state index contributed by atoms with van der Waals surface area (Å²) in [7, 11) is 16.7. The molecule has 0 aliphatic heterocycles. The lowest BCUT2D eigenvalue weighted by Gasteiger charge is -2.23. The van der Waals surface area contributed by atoms with Gasteiger partial charge in [-0.05, 0) is 24.3 Å². The third-order valence-corrected chi connectivity index (χ3v) is 4.11. The van der Waals surface area contributed by atoms with Crippen LogP contribution in [0.25, 0.3) is 11.0 Å². The highest BCUT2D eigenvalue weighted by atomic mass is 79.9. The highest BCUT2D eigenvalue weighted by molar-refractivity contribution is 9.10. The number of carbonyl (C=O) groups is 1. The SMILES string of the molecule is [B]C([B])([B])n1cnc2c(F)c(Nc3ccc(Br)cc3F)c(C(=O)O)cc21. The van der Waals surface area contributed by atoms with Crippen LogP contribution in [-0.2, 0) is 5.24 Å². The Kier molecular flexibility index (Phi) is 4.60. The van der Waals surface area contributed by atoms with Gasteiger partial charge in [0.2, 0.25) is 0 Å². The van der Waals surface area contributed by atoms with Gasteiger partial charge in [-0.1, -0.05) is 21.2 Å². The van der Waals surface area contributed by atoms with E-state index in [0.29, 0.717) is 4.47 Å². The zero-order valence-electron chi connectivity index (χ0n) is 13.0. The predicted molar refractivity (Wildman–Crippen MR) is 99.3 cm³/mol. The van der Waals surface area contributed by atoms with Crippen molar-refractivity contribution >= 4 is 67.8 Å². The summed E-state index contributed by atoms with van der Waals surface area (Å²) in [5.41, 5.74) is -1.27. The maximum atomic E-state index is 14.9. The van der Waals surface area contributed by atoms with E-state index in [4.69, 9.17) is 23.5 Å². The third kappa shape index (κ3) is 3.23. The van der Waals surface area contributed by atoms with Gasteiger partial charge < -0.3 is 15.0 Å². The molecule has 11 heteroatoms. The highest BCUT2D eigenvalue weighted by Crippen LogP contribution is 2.33. The summed E-state index contributed by atoms with van der Waals surface area (Å²) < 4.78 is 30.5. The fraction of sp³-hybridized carbons (Fsp3) is 0.0667. The molecule has 0 saturated carbocycles. The van der Waals surface area contributed by atoms with Gasteiger partial charge in [-0.15, -0.1) is 0 Å². The normalized spacial score (nSPS) is 11.7. The standard InChI is InChI=1S/C15H7B3BrF2N3O2/c16-15(17,18)24-5-22-13-10(24)4-7(14(25)26)12(11(13)21)23-9-2-1-6(19)3-8(9)20/h1-5,23H,(H,25,26). The van der Waals surface area contributed by atoms with Gasteiger partial charge in [0, 0.05) is 4.47 Å². The van der Waals surface area contributed by atoms with Gasteiger partial charge in [-0.2, -0.15) is 0 Å². The number of nitrogens with zero attached hydrogens (tertiary/aromatic N) is 2. The van der Waals surface area contributed by atoms with E-state index in [1.165, 1.54) is 12.1 Å². The largest absolute Gasteiger partial charge is 0.478 e. The maximum absolute atomic E-state index is 14.9. The number of rotatable bonds is 4. The Labute approximate surface area is 159 Å². The first-order chi connectivity index (χ1) is 12.1. The molecule has 0 bridgehead atoms. The second-order valence-corrected chi connectivity index (χ2v) is 6.45. The third-order valence-electron chi connectivity index (χ3n) is 3.62. The number of carboxylic acids is 1. The Balaban J connectivity index is 2.23. The Morgan fingerprint density at radius 2 is 1.96 bits per heavy atom. The fourth-order valence-corrected chi connectivity index (χ4v) is 2.77. The van der Waals surface area contributed by atoms with Crippen LogP contribution in [0.3, 0.4) is 0 Å². The van der Waals surface area contributed by atoms with Crippen molar-refractivity contribution in [3.63, 3.8) is 0 Å². The second kappa shape index (κ2) is 6.46. The Morgan fingerprint density at radius 3 is 2.54 bits per heavy atom. The molecular formula is C15H7B3BrF2N3O2. The van der Waals surface area contributed by atoms with E-state index in [9.17, 15) is 18.7 Å². The summed E-state index contributed by atoms with van der Waals surface area (Å²) in [6, 6.07) is 5.11. The summed E-state index contributed by atoms with van der Waals surface area (Å²) in [6.45, 7) is 0. The monoisotopic (exact) mass is 411 g/mol. The summed E-state index contributed by atoms with van der Waals surface area (Å²) in [6.07, 6.45) is 1.09. The van der Waals surface area contributed by atoms with Gasteiger partial charge in [0.05, 0.1) is 52.3 Å². The van der Waals surface area contributed by atoms with E-state index in [0.717, 1.165) is 23.0 Å². The fourth-order valence-electron chi connectivity index (χ4n) is 2.44. The molecule has 0 unspecified atom stereocenters. The van der Waals surface area contributed by atoms with E-state index in [-0.39, 0.29) is 16.7 Å². The van der Waals surface area contributed by atoms with E-state index < -0.39 is 34.1 Å². The minimum atomic E-state index is -1.91. The van der Waals surface area contributed by atoms with E-state index in [1.807, 2.05) is 0 Å². The second-order valence-electron chi connectivity index (χ2n) is 5.54. The van der Waals surface area contributed by atoms with Crippen molar-refractivity contribution in [2.24, 2.45) is 0 Å². The number of imidazole rings is 1. The van der Waals surface area contributed by atoms with Crippen molar-refractivity contribution in [2.75, 3.05) is 5.32 Å².